The average Bonchev–Trinajstić information content (AvgIpc) is 3.37. The minimum Gasteiger partial charge on any atom is -0.368 e. The SMILES string of the molecule is CC(OCC1CC1)C(=O)N1CCN(c2ccccc2)CC1. The van der Waals surface area contributed by atoms with Gasteiger partial charge < -0.3 is 14.5 Å². The highest BCUT2D eigenvalue weighted by Crippen LogP contribution is 2.29. The average molecular weight is 288 g/mol. The summed E-state index contributed by atoms with van der Waals surface area (Å²) in [4.78, 5) is 16.6. The third kappa shape index (κ3) is 3.76. The van der Waals surface area contributed by atoms with Gasteiger partial charge in [0.25, 0.3) is 5.91 Å². The first-order chi connectivity index (χ1) is 10.2. The molecule has 0 radical (unpaired) electrons. The van der Waals surface area contributed by atoms with Crippen molar-refractivity contribution >= 4 is 11.6 Å². The zero-order chi connectivity index (χ0) is 14.7. The van der Waals surface area contributed by atoms with Gasteiger partial charge in [0, 0.05) is 31.9 Å². The molecular weight excluding hydrogens is 264 g/mol. The zero-order valence-electron chi connectivity index (χ0n) is 12.7. The van der Waals surface area contributed by atoms with Gasteiger partial charge in [0.1, 0.15) is 6.10 Å². The van der Waals surface area contributed by atoms with E-state index >= 15 is 0 Å². The van der Waals surface area contributed by atoms with Crippen molar-refractivity contribution in [2.24, 2.45) is 5.92 Å². The summed E-state index contributed by atoms with van der Waals surface area (Å²) in [7, 11) is 0. The van der Waals surface area contributed by atoms with Gasteiger partial charge in [-0.05, 0) is 37.8 Å². The monoisotopic (exact) mass is 288 g/mol. The Hall–Kier alpha value is -1.55. The summed E-state index contributed by atoms with van der Waals surface area (Å²) >= 11 is 0. The molecule has 1 aromatic rings. The lowest BCUT2D eigenvalue weighted by molar-refractivity contribution is -0.143. The van der Waals surface area contributed by atoms with Gasteiger partial charge in [0.2, 0.25) is 0 Å². The molecule has 4 heteroatoms. The molecule has 0 N–H and O–H groups in total. The lowest BCUT2D eigenvalue weighted by atomic mass is 10.2. The van der Waals surface area contributed by atoms with Crippen LogP contribution in [0.4, 0.5) is 5.69 Å². The van der Waals surface area contributed by atoms with Crippen LogP contribution in [0.5, 0.6) is 0 Å². The normalized spacial score (nSPS) is 20.4. The Labute approximate surface area is 126 Å². The van der Waals surface area contributed by atoms with E-state index in [2.05, 4.69) is 29.2 Å². The molecule has 114 valence electrons. The Balaban J connectivity index is 1.47. The van der Waals surface area contributed by atoms with Crippen molar-refractivity contribution in [2.45, 2.75) is 25.9 Å². The molecular formula is C17H24N2O2. The molecule has 1 atom stereocenters. The van der Waals surface area contributed by atoms with Gasteiger partial charge in [-0.1, -0.05) is 18.2 Å². The molecule has 2 aliphatic rings. The van der Waals surface area contributed by atoms with Crippen LogP contribution in [0.25, 0.3) is 0 Å². The molecule has 4 nitrogen and oxygen atoms in total. The summed E-state index contributed by atoms with van der Waals surface area (Å²) in [5.41, 5.74) is 1.24. The van der Waals surface area contributed by atoms with Crippen LogP contribution in [-0.2, 0) is 9.53 Å². The van der Waals surface area contributed by atoms with Crippen molar-refractivity contribution in [1.82, 2.24) is 4.90 Å². The number of carbonyl (C=O) groups excluding carboxylic acids is 1. The Morgan fingerprint density at radius 3 is 2.48 bits per heavy atom. The van der Waals surface area contributed by atoms with E-state index in [9.17, 15) is 4.79 Å². The number of amides is 1. The first kappa shape index (κ1) is 14.4. The highest BCUT2D eigenvalue weighted by Gasteiger charge is 2.28. The van der Waals surface area contributed by atoms with Crippen LogP contribution in [0.15, 0.2) is 30.3 Å². The molecule has 1 aliphatic carbocycles. The van der Waals surface area contributed by atoms with Gasteiger partial charge in [0.05, 0.1) is 6.61 Å². The summed E-state index contributed by atoms with van der Waals surface area (Å²) in [6, 6.07) is 10.4. The molecule has 1 unspecified atom stereocenters. The minimum atomic E-state index is -0.297. The fourth-order valence-electron chi connectivity index (χ4n) is 2.72. The van der Waals surface area contributed by atoms with Crippen LogP contribution in [-0.4, -0.2) is 49.7 Å². The van der Waals surface area contributed by atoms with Gasteiger partial charge in [-0.25, -0.2) is 0 Å². The summed E-state index contributed by atoms with van der Waals surface area (Å²) in [6.07, 6.45) is 2.22. The van der Waals surface area contributed by atoms with Crippen molar-refractivity contribution in [3.63, 3.8) is 0 Å². The number of ether oxygens (including phenoxy) is 1. The van der Waals surface area contributed by atoms with E-state index in [-0.39, 0.29) is 12.0 Å². The fourth-order valence-corrected chi connectivity index (χ4v) is 2.72. The molecule has 2 fully saturated rings. The van der Waals surface area contributed by atoms with E-state index in [1.54, 1.807) is 0 Å². The number of hydrogen-bond donors (Lipinski definition) is 0. The van der Waals surface area contributed by atoms with E-state index in [4.69, 9.17) is 4.74 Å². The predicted octanol–water partition coefficient (Wildman–Crippen LogP) is 2.15. The first-order valence-electron chi connectivity index (χ1n) is 7.94. The topological polar surface area (TPSA) is 32.8 Å². The lowest BCUT2D eigenvalue weighted by Gasteiger charge is -2.37. The van der Waals surface area contributed by atoms with Crippen LogP contribution in [0.2, 0.25) is 0 Å². The largest absolute Gasteiger partial charge is 0.368 e. The number of carbonyl (C=O) groups is 1. The second-order valence-electron chi connectivity index (χ2n) is 6.07. The molecule has 1 amide bonds. The number of rotatable bonds is 5. The Kier molecular flexibility index (Phi) is 4.44. The van der Waals surface area contributed by atoms with Crippen LogP contribution in [0.1, 0.15) is 19.8 Å². The fraction of sp³-hybridized carbons (Fsp3) is 0.588. The van der Waals surface area contributed by atoms with Crippen molar-refractivity contribution < 1.29 is 9.53 Å². The summed E-state index contributed by atoms with van der Waals surface area (Å²) in [5.74, 6) is 0.846. The lowest BCUT2D eigenvalue weighted by Crippen LogP contribution is -2.51. The maximum Gasteiger partial charge on any atom is 0.251 e. The summed E-state index contributed by atoms with van der Waals surface area (Å²) < 4.78 is 5.69. The number of benzene rings is 1. The molecule has 0 spiro atoms. The highest BCUT2D eigenvalue weighted by molar-refractivity contribution is 5.80. The first-order valence-corrected chi connectivity index (χ1v) is 7.94. The molecule has 0 aromatic heterocycles. The van der Waals surface area contributed by atoms with Crippen molar-refractivity contribution in [3.05, 3.63) is 30.3 Å². The van der Waals surface area contributed by atoms with E-state index in [0.29, 0.717) is 5.92 Å². The summed E-state index contributed by atoms with van der Waals surface area (Å²) in [5, 5.41) is 0. The Bertz CT molecular complexity index is 465. The summed E-state index contributed by atoms with van der Waals surface area (Å²) in [6.45, 7) is 5.98. The van der Waals surface area contributed by atoms with Crippen molar-refractivity contribution in [1.29, 1.82) is 0 Å². The number of para-hydroxylation sites is 1. The molecule has 0 bridgehead atoms. The van der Waals surface area contributed by atoms with Crippen LogP contribution < -0.4 is 4.90 Å². The van der Waals surface area contributed by atoms with Gasteiger partial charge >= 0.3 is 0 Å². The third-order valence-corrected chi connectivity index (χ3v) is 4.34. The molecule has 1 saturated carbocycles. The number of hydrogen-bond acceptors (Lipinski definition) is 3. The highest BCUT2D eigenvalue weighted by atomic mass is 16.5. The smallest absolute Gasteiger partial charge is 0.251 e. The second-order valence-corrected chi connectivity index (χ2v) is 6.07. The number of nitrogens with zero attached hydrogens (tertiary/aromatic N) is 2. The molecule has 3 rings (SSSR count). The third-order valence-electron chi connectivity index (χ3n) is 4.34. The number of piperazine rings is 1. The Morgan fingerprint density at radius 1 is 1.19 bits per heavy atom. The maximum atomic E-state index is 12.4. The maximum absolute atomic E-state index is 12.4. The van der Waals surface area contributed by atoms with Gasteiger partial charge in [-0.3, -0.25) is 4.79 Å². The standard InChI is InChI=1S/C17H24N2O2/c1-14(21-13-15-7-8-15)17(20)19-11-9-18(10-12-19)16-5-3-2-4-6-16/h2-6,14-15H,7-13H2,1H3. The minimum absolute atomic E-state index is 0.142. The van der Waals surface area contributed by atoms with Gasteiger partial charge in [-0.2, -0.15) is 0 Å². The van der Waals surface area contributed by atoms with Crippen LogP contribution in [0.3, 0.4) is 0 Å². The Morgan fingerprint density at radius 2 is 1.86 bits per heavy atom. The van der Waals surface area contributed by atoms with Crippen LogP contribution >= 0.6 is 0 Å². The molecule has 1 aromatic carbocycles. The second kappa shape index (κ2) is 6.48. The molecule has 1 aliphatic heterocycles. The molecule has 1 saturated heterocycles. The van der Waals surface area contributed by atoms with E-state index in [1.807, 2.05) is 17.9 Å². The van der Waals surface area contributed by atoms with Gasteiger partial charge in [-0.15, -0.1) is 0 Å². The van der Waals surface area contributed by atoms with Crippen molar-refractivity contribution in [3.8, 4) is 0 Å². The van der Waals surface area contributed by atoms with Crippen molar-refractivity contribution in [2.75, 3.05) is 37.7 Å². The molecule has 1 heterocycles. The van der Waals surface area contributed by atoms with E-state index in [0.717, 1.165) is 32.8 Å². The van der Waals surface area contributed by atoms with Crippen LogP contribution in [0, 0.1) is 5.92 Å². The quantitative estimate of drug-likeness (QED) is 0.832. The number of anilines is 1. The predicted molar refractivity (Wildman–Crippen MR) is 83.4 cm³/mol. The van der Waals surface area contributed by atoms with E-state index in [1.165, 1.54) is 18.5 Å². The van der Waals surface area contributed by atoms with Gasteiger partial charge in [0.15, 0.2) is 0 Å². The van der Waals surface area contributed by atoms with E-state index < -0.39 is 0 Å². The molecule has 21 heavy (non-hydrogen) atoms. The zero-order valence-corrected chi connectivity index (χ0v) is 12.7.